The van der Waals surface area contributed by atoms with Crippen LogP contribution in [0.4, 0.5) is 0 Å². The summed E-state index contributed by atoms with van der Waals surface area (Å²) in [6.45, 7) is 27.7. The van der Waals surface area contributed by atoms with E-state index in [4.69, 9.17) is 0 Å². The van der Waals surface area contributed by atoms with Crippen LogP contribution in [0.5, 0.6) is 0 Å². The van der Waals surface area contributed by atoms with Crippen molar-refractivity contribution in [3.8, 4) is 11.1 Å². The molecule has 0 nitrogen and oxygen atoms in total. The summed E-state index contributed by atoms with van der Waals surface area (Å²) in [4.78, 5) is 0. The predicted octanol–water partition coefficient (Wildman–Crippen LogP) is 12.8. The van der Waals surface area contributed by atoms with Crippen LogP contribution in [0, 0.1) is 0 Å². The number of rotatable bonds is 1. The summed E-state index contributed by atoms with van der Waals surface area (Å²) >= 11 is 0. The van der Waals surface area contributed by atoms with Gasteiger partial charge in [-0.2, -0.15) is 0 Å². The summed E-state index contributed by atoms with van der Waals surface area (Å²) in [6, 6.07) is 37.3. The van der Waals surface area contributed by atoms with Crippen molar-refractivity contribution in [1.29, 1.82) is 0 Å². The first-order chi connectivity index (χ1) is 19.7. The molecule has 4 aromatic carbocycles. The minimum absolute atomic E-state index is 0.154. The highest BCUT2D eigenvalue weighted by molar-refractivity contribution is 5.80. The molecule has 0 saturated heterocycles. The van der Waals surface area contributed by atoms with E-state index in [1.807, 2.05) is 55.4 Å². The molecule has 41 heavy (non-hydrogen) atoms. The van der Waals surface area contributed by atoms with Gasteiger partial charge in [0.25, 0.3) is 0 Å². The van der Waals surface area contributed by atoms with E-state index in [-0.39, 0.29) is 16.2 Å². The Balaban J connectivity index is 0.000000333. The van der Waals surface area contributed by atoms with E-state index in [1.165, 1.54) is 45.4 Å². The number of hydrogen-bond donors (Lipinski definition) is 0. The highest BCUT2D eigenvalue weighted by Crippen LogP contribution is 2.52. The third kappa shape index (κ3) is 7.40. The van der Waals surface area contributed by atoms with Crippen LogP contribution in [0.2, 0.25) is 0 Å². The predicted molar refractivity (Wildman–Crippen MR) is 186 cm³/mol. The maximum atomic E-state index is 2.38. The van der Waals surface area contributed by atoms with Gasteiger partial charge < -0.3 is 0 Å². The van der Waals surface area contributed by atoms with Crippen LogP contribution >= 0.6 is 0 Å². The Hall–Kier alpha value is -3.12. The van der Waals surface area contributed by atoms with Gasteiger partial charge in [-0.05, 0) is 50.8 Å². The summed E-state index contributed by atoms with van der Waals surface area (Å²) < 4.78 is 0. The fourth-order valence-electron chi connectivity index (χ4n) is 6.36. The highest BCUT2D eigenvalue weighted by atomic mass is 14.5. The van der Waals surface area contributed by atoms with Gasteiger partial charge in [0.05, 0.1) is 0 Å². The van der Waals surface area contributed by atoms with E-state index in [0.717, 1.165) is 0 Å². The Labute approximate surface area is 254 Å². The lowest BCUT2D eigenvalue weighted by Gasteiger charge is -2.28. The van der Waals surface area contributed by atoms with Crippen molar-refractivity contribution < 1.29 is 0 Å². The van der Waals surface area contributed by atoms with Gasteiger partial charge in [0.1, 0.15) is 0 Å². The zero-order valence-corrected chi connectivity index (χ0v) is 28.5. The smallest absolute Gasteiger partial charge is 0.0185 e. The molecule has 1 atom stereocenters. The van der Waals surface area contributed by atoms with Crippen LogP contribution in [0.25, 0.3) is 11.1 Å². The van der Waals surface area contributed by atoms with Crippen LogP contribution in [0.15, 0.2) is 103 Å². The standard InChI is InChI=1S/C18H20.C15H14.4C2H6/c1-17(2)13-18(3,14-9-5-4-6-10-14)16-12-8-7-11-15(16)17;1-15(2)13-9-5-3-7-11(13)12-8-4-6-10-14(12)15;4*1-2/h4-12H,13H2,1-3H3;3-10H,1-2H3;4*1-2H3. The average Bonchev–Trinajstić information content (AvgIpc) is 3.41. The fraction of sp³-hybridized carbons (Fsp3) is 0.415. The van der Waals surface area contributed by atoms with Crippen LogP contribution in [-0.2, 0) is 16.2 Å². The molecule has 0 bridgehead atoms. The van der Waals surface area contributed by atoms with Gasteiger partial charge in [-0.25, -0.2) is 0 Å². The van der Waals surface area contributed by atoms with Crippen LogP contribution < -0.4 is 0 Å². The first-order valence-corrected chi connectivity index (χ1v) is 16.1. The zero-order chi connectivity index (χ0) is 31.3. The minimum Gasteiger partial charge on any atom is -0.0683 e. The third-order valence-electron chi connectivity index (χ3n) is 7.95. The molecule has 0 heterocycles. The van der Waals surface area contributed by atoms with Crippen LogP contribution in [0.1, 0.15) is 124 Å². The first kappa shape index (κ1) is 35.9. The van der Waals surface area contributed by atoms with Gasteiger partial charge in [-0.3, -0.25) is 0 Å². The molecule has 4 aromatic rings. The van der Waals surface area contributed by atoms with E-state index >= 15 is 0 Å². The molecule has 0 fully saturated rings. The van der Waals surface area contributed by atoms with Crippen molar-refractivity contribution in [1.82, 2.24) is 0 Å². The molecule has 222 valence electrons. The molecule has 0 aliphatic heterocycles. The van der Waals surface area contributed by atoms with E-state index in [0.29, 0.717) is 0 Å². The van der Waals surface area contributed by atoms with Gasteiger partial charge >= 0.3 is 0 Å². The topological polar surface area (TPSA) is 0 Å². The summed E-state index contributed by atoms with van der Waals surface area (Å²) in [5, 5.41) is 0. The molecule has 2 aliphatic carbocycles. The fourth-order valence-corrected chi connectivity index (χ4v) is 6.36. The van der Waals surface area contributed by atoms with Crippen molar-refractivity contribution in [3.63, 3.8) is 0 Å². The van der Waals surface area contributed by atoms with Crippen molar-refractivity contribution in [2.45, 2.75) is 113 Å². The largest absolute Gasteiger partial charge is 0.0683 e. The molecule has 0 amide bonds. The monoisotopic (exact) mass is 550 g/mol. The molecule has 0 N–H and O–H groups in total. The second-order valence-corrected chi connectivity index (χ2v) is 11.0. The Morgan fingerprint density at radius 2 is 0.732 bits per heavy atom. The number of benzene rings is 4. The van der Waals surface area contributed by atoms with Crippen molar-refractivity contribution >= 4 is 0 Å². The van der Waals surface area contributed by atoms with Gasteiger partial charge in [-0.1, -0.05) is 193 Å². The van der Waals surface area contributed by atoms with Crippen molar-refractivity contribution in [2.75, 3.05) is 0 Å². The zero-order valence-electron chi connectivity index (χ0n) is 28.5. The third-order valence-corrected chi connectivity index (χ3v) is 7.95. The highest BCUT2D eigenvalue weighted by Gasteiger charge is 2.45. The number of fused-ring (bicyclic) bond motifs is 4. The molecule has 0 aromatic heterocycles. The second kappa shape index (κ2) is 16.4. The van der Waals surface area contributed by atoms with E-state index in [9.17, 15) is 0 Å². The SMILES string of the molecule is CC.CC.CC.CC.CC1(C)CC(C)(c2ccccc2)c2ccccc21.CC1(C)c2ccccc2-c2ccccc21. The summed E-state index contributed by atoms with van der Waals surface area (Å²) in [7, 11) is 0. The number of hydrogen-bond acceptors (Lipinski definition) is 0. The molecule has 2 aliphatic rings. The van der Waals surface area contributed by atoms with Gasteiger partial charge in [-0.15, -0.1) is 0 Å². The molecule has 0 heteroatoms. The maximum absolute atomic E-state index is 2.38. The van der Waals surface area contributed by atoms with Crippen molar-refractivity contribution in [3.05, 3.63) is 131 Å². The Morgan fingerprint density at radius 1 is 0.390 bits per heavy atom. The van der Waals surface area contributed by atoms with E-state index in [2.05, 4.69) is 138 Å². The van der Waals surface area contributed by atoms with E-state index in [1.54, 1.807) is 0 Å². The lowest BCUT2D eigenvalue weighted by Crippen LogP contribution is -2.23. The maximum Gasteiger partial charge on any atom is 0.0185 e. The van der Waals surface area contributed by atoms with Crippen LogP contribution in [-0.4, -0.2) is 0 Å². The van der Waals surface area contributed by atoms with Gasteiger partial charge in [0.15, 0.2) is 0 Å². The lowest BCUT2D eigenvalue weighted by molar-refractivity contribution is 0.425. The van der Waals surface area contributed by atoms with Gasteiger partial charge in [0, 0.05) is 10.8 Å². The summed E-state index contributed by atoms with van der Waals surface area (Å²) in [5.41, 5.74) is 10.7. The molecule has 0 radical (unpaired) electrons. The quantitative estimate of drug-likeness (QED) is 0.221. The van der Waals surface area contributed by atoms with E-state index < -0.39 is 0 Å². The summed E-state index contributed by atoms with van der Waals surface area (Å²) in [6.07, 6.45) is 1.18. The molecule has 0 spiro atoms. The molecule has 6 rings (SSSR count). The first-order valence-electron chi connectivity index (χ1n) is 16.1. The Morgan fingerprint density at radius 3 is 1.17 bits per heavy atom. The Bertz CT molecular complexity index is 1240. The molecule has 0 saturated carbocycles. The van der Waals surface area contributed by atoms with Gasteiger partial charge in [0.2, 0.25) is 0 Å². The lowest BCUT2D eigenvalue weighted by atomic mass is 9.75. The minimum atomic E-state index is 0.154. The Kier molecular flexibility index (Phi) is 14.3. The van der Waals surface area contributed by atoms with Crippen LogP contribution in [0.3, 0.4) is 0 Å². The molecular formula is C41H58. The normalized spacial score (nSPS) is 17.3. The average molecular weight is 551 g/mol. The summed E-state index contributed by atoms with van der Waals surface area (Å²) in [5.74, 6) is 0. The second-order valence-electron chi connectivity index (χ2n) is 11.0. The molecular weight excluding hydrogens is 492 g/mol. The molecule has 1 unspecified atom stereocenters. The van der Waals surface area contributed by atoms with Crippen molar-refractivity contribution in [2.24, 2.45) is 0 Å².